The monoisotopic (exact) mass is 690 g/mol. The lowest BCUT2D eigenvalue weighted by atomic mass is 9.83. The summed E-state index contributed by atoms with van der Waals surface area (Å²) in [5, 5.41) is 13.9. The molecule has 0 radical (unpaired) electrons. The molecule has 248 valence electrons. The summed E-state index contributed by atoms with van der Waals surface area (Å²) < 4.78 is 34.7. The number of halogens is 1. The lowest BCUT2D eigenvalue weighted by Gasteiger charge is -2.26. The van der Waals surface area contributed by atoms with E-state index < -0.39 is 17.4 Å². The number of carbonyl (C=O) groups is 1. The Labute approximate surface area is 284 Å². The number of amides is 1. The van der Waals surface area contributed by atoms with Crippen LogP contribution in [0.2, 0.25) is 5.02 Å². The number of methoxy groups -OCH3 is 6. The number of nitriles is 1. The van der Waals surface area contributed by atoms with Gasteiger partial charge in [-0.25, -0.2) is 0 Å². The topological polar surface area (TPSA) is 156 Å². The van der Waals surface area contributed by atoms with E-state index in [1.165, 1.54) is 47.2 Å². The number of nitrogens with two attached hydrogens (primary N) is 1. The fourth-order valence-corrected chi connectivity index (χ4v) is 6.74. The largest absolute Gasteiger partial charge is 0.493 e. The summed E-state index contributed by atoms with van der Waals surface area (Å²) in [7, 11) is 8.83. The standard InChI is InChI=1S/C34H31ClN4O8S/c1-42-22-11-17(12-23(43-2)29(22)46-5)13-26-33(41)39-31(37)21(16-36)27(18-14-24(44-3)30(47-6)25(15-18)45-4)28(34(39)48-26)32(40)38-20-9-7-19(35)8-10-20/h7-15,27H,37H2,1-6H3,(H,38,40)/b26-13-. The van der Waals surface area contributed by atoms with Crippen LogP contribution in [0.4, 0.5) is 5.69 Å². The van der Waals surface area contributed by atoms with Gasteiger partial charge in [0.15, 0.2) is 23.0 Å². The van der Waals surface area contributed by atoms with Crippen molar-refractivity contribution in [1.29, 1.82) is 5.26 Å². The highest BCUT2D eigenvalue weighted by molar-refractivity contribution is 7.07. The second-order valence-electron chi connectivity index (χ2n) is 10.2. The molecule has 3 N–H and O–H groups in total. The SMILES string of the molecule is COc1cc(/C=c2\sc3n(c2=O)C(N)=C(C#N)C(c2cc(OC)c(OC)c(OC)c2)C=3C(=O)Nc2ccc(Cl)cc2)cc(OC)c1OC. The average Bonchev–Trinajstić information content (AvgIpc) is 3.42. The first-order chi connectivity index (χ1) is 23.1. The number of thiazole rings is 1. The average molecular weight is 691 g/mol. The zero-order chi connectivity index (χ0) is 34.7. The Morgan fingerprint density at radius 1 is 0.896 bits per heavy atom. The Morgan fingerprint density at radius 3 is 1.90 bits per heavy atom. The molecule has 48 heavy (non-hydrogen) atoms. The van der Waals surface area contributed by atoms with Gasteiger partial charge in [0, 0.05) is 10.7 Å². The van der Waals surface area contributed by atoms with Gasteiger partial charge in [-0.2, -0.15) is 5.26 Å². The van der Waals surface area contributed by atoms with Crippen LogP contribution < -0.4 is 54.2 Å². The van der Waals surface area contributed by atoms with Gasteiger partial charge >= 0.3 is 0 Å². The van der Waals surface area contributed by atoms with Crippen LogP contribution in [-0.2, 0) is 4.79 Å². The molecule has 14 heteroatoms. The van der Waals surface area contributed by atoms with Crippen LogP contribution in [0.25, 0.3) is 17.5 Å². The number of aromatic nitrogens is 1. The van der Waals surface area contributed by atoms with Crippen LogP contribution in [0.1, 0.15) is 17.0 Å². The van der Waals surface area contributed by atoms with Crippen molar-refractivity contribution < 1.29 is 33.2 Å². The Morgan fingerprint density at radius 2 is 1.42 bits per heavy atom. The van der Waals surface area contributed by atoms with Crippen molar-refractivity contribution in [3.8, 4) is 40.6 Å². The Kier molecular flexibility index (Phi) is 9.88. The van der Waals surface area contributed by atoms with Crippen LogP contribution in [0.3, 0.4) is 0 Å². The Bertz CT molecular complexity index is 2120. The number of allylic oxidation sites excluding steroid dienone is 1. The number of benzene rings is 3. The predicted molar refractivity (Wildman–Crippen MR) is 183 cm³/mol. The first kappa shape index (κ1) is 33.8. The van der Waals surface area contributed by atoms with Gasteiger partial charge in [-0.3, -0.25) is 14.2 Å². The third kappa shape index (κ3) is 5.99. The van der Waals surface area contributed by atoms with Crippen LogP contribution in [0, 0.1) is 11.3 Å². The maximum atomic E-state index is 14.3. The van der Waals surface area contributed by atoms with E-state index in [1.54, 1.807) is 54.6 Å². The summed E-state index contributed by atoms with van der Waals surface area (Å²) in [5.41, 5.74) is 7.57. The van der Waals surface area contributed by atoms with Crippen LogP contribution >= 0.6 is 22.9 Å². The molecule has 0 bridgehead atoms. The first-order valence-electron chi connectivity index (χ1n) is 14.2. The number of hydrogen-bond donors (Lipinski definition) is 2. The zero-order valence-electron chi connectivity index (χ0n) is 26.8. The lowest BCUT2D eigenvalue weighted by molar-refractivity contribution is -0.111. The smallest absolute Gasteiger partial charge is 0.274 e. The Hall–Kier alpha value is -5.58. The number of anilines is 1. The Balaban J connectivity index is 1.85. The fraction of sp³-hybridized carbons (Fsp3) is 0.206. The maximum absolute atomic E-state index is 14.3. The van der Waals surface area contributed by atoms with Gasteiger partial charge in [0.2, 0.25) is 11.5 Å². The highest BCUT2D eigenvalue weighted by atomic mass is 35.5. The summed E-state index contributed by atoms with van der Waals surface area (Å²) in [6.45, 7) is 0. The number of rotatable bonds is 10. The molecule has 1 amide bonds. The van der Waals surface area contributed by atoms with E-state index in [4.69, 9.17) is 45.8 Å². The minimum Gasteiger partial charge on any atom is -0.493 e. The molecule has 1 atom stereocenters. The number of carbonyl (C=O) groups excluding carboxylic acids is 1. The van der Waals surface area contributed by atoms with Gasteiger partial charge in [-0.1, -0.05) is 11.6 Å². The normalized spacial score (nSPS) is 14.2. The van der Waals surface area contributed by atoms with Crippen molar-refractivity contribution in [3.63, 3.8) is 0 Å². The summed E-state index contributed by atoms with van der Waals surface area (Å²) >= 11 is 7.11. The van der Waals surface area contributed by atoms with Crippen LogP contribution in [-0.4, -0.2) is 53.1 Å². The molecular weight excluding hydrogens is 660 g/mol. The molecule has 0 fully saturated rings. The molecule has 3 aromatic carbocycles. The molecule has 4 aromatic rings. The second kappa shape index (κ2) is 14.0. The van der Waals surface area contributed by atoms with E-state index >= 15 is 0 Å². The van der Waals surface area contributed by atoms with Gasteiger partial charge in [-0.05, 0) is 65.7 Å². The molecule has 12 nitrogen and oxygen atoms in total. The summed E-state index contributed by atoms with van der Waals surface area (Å²) in [6.07, 6.45) is 1.62. The molecule has 2 heterocycles. The molecule has 0 saturated heterocycles. The van der Waals surface area contributed by atoms with Gasteiger partial charge in [0.1, 0.15) is 10.5 Å². The fourth-order valence-electron chi connectivity index (χ4n) is 5.44. The molecule has 1 unspecified atom stereocenters. The van der Waals surface area contributed by atoms with E-state index in [2.05, 4.69) is 11.4 Å². The minimum absolute atomic E-state index is 0.0303. The maximum Gasteiger partial charge on any atom is 0.274 e. The summed E-state index contributed by atoms with van der Waals surface area (Å²) in [5.74, 6) is 0.316. The number of ether oxygens (including phenoxy) is 6. The molecule has 0 spiro atoms. The van der Waals surface area contributed by atoms with Gasteiger partial charge in [-0.15, -0.1) is 11.3 Å². The van der Waals surface area contributed by atoms with Gasteiger partial charge in [0.25, 0.3) is 11.5 Å². The van der Waals surface area contributed by atoms with Crippen molar-refractivity contribution in [1.82, 2.24) is 4.57 Å². The quantitative estimate of drug-likeness (QED) is 0.252. The van der Waals surface area contributed by atoms with E-state index in [-0.39, 0.29) is 26.2 Å². The first-order valence-corrected chi connectivity index (χ1v) is 15.4. The molecule has 1 aliphatic heterocycles. The van der Waals surface area contributed by atoms with Crippen molar-refractivity contribution in [2.24, 2.45) is 5.73 Å². The van der Waals surface area contributed by atoms with E-state index in [1.807, 2.05) is 0 Å². The number of hydrogen-bond acceptors (Lipinski definition) is 11. The van der Waals surface area contributed by atoms with Gasteiger partial charge < -0.3 is 39.5 Å². The van der Waals surface area contributed by atoms with Crippen molar-refractivity contribution >= 4 is 52.0 Å². The summed E-state index contributed by atoms with van der Waals surface area (Å²) in [4.78, 5) is 28.3. The molecule has 1 aromatic heterocycles. The number of nitrogens with one attached hydrogen (secondary N) is 1. The molecular formula is C34H31ClN4O8S. The van der Waals surface area contributed by atoms with Crippen molar-refractivity contribution in [2.45, 2.75) is 5.92 Å². The molecule has 0 aliphatic carbocycles. The predicted octanol–water partition coefficient (Wildman–Crippen LogP) is 3.68. The summed E-state index contributed by atoms with van der Waals surface area (Å²) in [6, 6.07) is 15.3. The van der Waals surface area contributed by atoms with Crippen LogP contribution in [0.15, 0.2) is 58.9 Å². The highest BCUT2D eigenvalue weighted by Crippen LogP contribution is 2.45. The minimum atomic E-state index is -1.04. The van der Waals surface area contributed by atoms with E-state index in [0.717, 1.165) is 11.3 Å². The second-order valence-corrected chi connectivity index (χ2v) is 11.7. The zero-order valence-corrected chi connectivity index (χ0v) is 28.4. The third-order valence-electron chi connectivity index (χ3n) is 7.62. The van der Waals surface area contributed by atoms with E-state index in [9.17, 15) is 14.9 Å². The molecule has 0 saturated carbocycles. The molecule has 5 rings (SSSR count). The third-order valence-corrected chi connectivity index (χ3v) is 8.98. The highest BCUT2D eigenvalue weighted by Gasteiger charge is 2.37. The van der Waals surface area contributed by atoms with Gasteiger partial charge in [0.05, 0.1) is 70.3 Å². The van der Waals surface area contributed by atoms with E-state index in [0.29, 0.717) is 56.3 Å². The van der Waals surface area contributed by atoms with Crippen molar-refractivity contribution in [3.05, 3.63) is 89.8 Å². The lowest BCUT2D eigenvalue weighted by Crippen LogP contribution is -2.40. The number of fused-ring (bicyclic) bond motifs is 1. The van der Waals surface area contributed by atoms with Crippen LogP contribution in [0.5, 0.6) is 34.5 Å². The molecule has 1 aliphatic rings. The van der Waals surface area contributed by atoms with Crippen molar-refractivity contribution in [2.75, 3.05) is 48.0 Å². The number of nitrogens with zero attached hydrogens (tertiary/aromatic N) is 2.